The van der Waals surface area contributed by atoms with Crippen molar-refractivity contribution in [3.05, 3.63) is 238 Å². The Hall–Kier alpha value is -11.8. The van der Waals surface area contributed by atoms with Gasteiger partial charge >= 0.3 is 0 Å². The van der Waals surface area contributed by atoms with Gasteiger partial charge in [0.15, 0.2) is 0 Å². The van der Waals surface area contributed by atoms with Crippen LogP contribution in [0.3, 0.4) is 0 Å². The van der Waals surface area contributed by atoms with Crippen LogP contribution in [0.25, 0.3) is 64.9 Å². The molecule has 6 aliphatic rings. The number of hydrogen-bond donors (Lipinski definition) is 2. The molecule has 4 saturated carbocycles. The molecule has 114 heavy (non-hydrogen) atoms. The van der Waals surface area contributed by atoms with Gasteiger partial charge in [-0.2, -0.15) is 0 Å². The number of amides is 6. The number of aryl methyl sites for hydroxylation is 4. The second kappa shape index (κ2) is 30.0. The van der Waals surface area contributed by atoms with E-state index in [4.69, 9.17) is 18.9 Å². The van der Waals surface area contributed by atoms with E-state index in [2.05, 4.69) is 19.8 Å². The summed E-state index contributed by atoms with van der Waals surface area (Å²) in [4.78, 5) is 116. The number of nitrogens with zero attached hydrogens (tertiary/aromatic N) is 4. The zero-order chi connectivity index (χ0) is 77.6. The summed E-state index contributed by atoms with van der Waals surface area (Å²) in [5.74, 6) is -0.953. The highest BCUT2D eigenvalue weighted by molar-refractivity contribution is 6.45. The molecule has 0 radical (unpaired) electrons. The summed E-state index contributed by atoms with van der Waals surface area (Å²) in [6.07, 6.45) is 18.6. The zero-order valence-electron chi connectivity index (χ0n) is 65.2. The molecule has 4 aliphatic carbocycles. The van der Waals surface area contributed by atoms with Crippen LogP contribution in [-0.2, 0) is 22.4 Å². The summed E-state index contributed by atoms with van der Waals surface area (Å²) in [6.45, 7) is 7.97. The van der Waals surface area contributed by atoms with Crippen LogP contribution < -0.4 is 18.9 Å². The maximum Gasteiger partial charge on any atom is 0.262 e. The summed E-state index contributed by atoms with van der Waals surface area (Å²) < 4.78 is 29.8. The van der Waals surface area contributed by atoms with Crippen molar-refractivity contribution in [2.45, 2.75) is 205 Å². The third-order valence-electron chi connectivity index (χ3n) is 25.5. The van der Waals surface area contributed by atoms with Crippen LogP contribution in [0.5, 0.6) is 46.0 Å². The monoisotopic (exact) mass is 1510 g/mol. The SMILES string of the molecule is Cc1ccc(Oc2cc3c4c(cc(Oc5ccc(C)cc5)c5c6c(Oc7ccc(C)cc7)cc7c8c(cc(Oc9ccc(C)cc9)c(c2c45)c86)C(=O)N(C(Cc2cc4ccccc4[nH]2)C(=O)N(C2CCCCC2)C2CCCCC2)C7=O)C(=O)N(C(Cc2cc4ccccc4[nH]2)C(=O)N(C2CCCCC2)C2CCCCC2)C3=O)cc1. The molecule has 16 nitrogen and oxygen atoms in total. The summed E-state index contributed by atoms with van der Waals surface area (Å²) in [5, 5.41) is 4.59. The molecule has 0 bridgehead atoms. The number of H-pyrrole nitrogens is 2. The lowest BCUT2D eigenvalue weighted by Crippen LogP contribution is -2.60. The van der Waals surface area contributed by atoms with Crippen molar-refractivity contribution in [1.29, 1.82) is 0 Å². The number of para-hydroxylation sites is 2. The number of carbonyl (C=O) groups is 6. The highest BCUT2D eigenvalue weighted by atomic mass is 16.5. The summed E-state index contributed by atoms with van der Waals surface area (Å²) in [5.41, 5.74) is 7.41. The highest BCUT2D eigenvalue weighted by Gasteiger charge is 2.50. The zero-order valence-corrected chi connectivity index (χ0v) is 65.2. The Morgan fingerprint density at radius 1 is 0.333 bits per heavy atom. The van der Waals surface area contributed by atoms with E-state index in [0.29, 0.717) is 66.7 Å². The van der Waals surface area contributed by atoms with Crippen LogP contribution in [-0.4, -0.2) is 101 Å². The predicted octanol–water partition coefficient (Wildman–Crippen LogP) is 22.5. The molecule has 2 unspecified atom stereocenters. The molecule has 4 heterocycles. The maximum atomic E-state index is 17.2. The van der Waals surface area contributed by atoms with Crippen molar-refractivity contribution in [3.63, 3.8) is 0 Å². The Morgan fingerprint density at radius 2 is 0.588 bits per heavy atom. The van der Waals surface area contributed by atoms with E-state index in [1.165, 1.54) is 9.80 Å². The molecule has 576 valence electrons. The van der Waals surface area contributed by atoms with Crippen LogP contribution >= 0.6 is 0 Å². The second-order valence-electron chi connectivity index (χ2n) is 33.2. The van der Waals surface area contributed by atoms with Crippen LogP contribution in [0.2, 0.25) is 0 Å². The number of fused-ring (bicyclic) bond motifs is 4. The van der Waals surface area contributed by atoms with Crippen molar-refractivity contribution < 1.29 is 47.7 Å². The molecule has 2 atom stereocenters. The first-order valence-corrected chi connectivity index (χ1v) is 41.5. The third kappa shape index (κ3) is 13.1. The molecular weight excluding hydrogens is 1420 g/mol. The van der Waals surface area contributed by atoms with Gasteiger partial charge in [-0.15, -0.1) is 0 Å². The number of ether oxygens (including phenoxy) is 4. The van der Waals surface area contributed by atoms with Crippen LogP contribution in [0.4, 0.5) is 0 Å². The Morgan fingerprint density at radius 3 is 0.842 bits per heavy atom. The fourth-order valence-corrected chi connectivity index (χ4v) is 19.9. The fourth-order valence-electron chi connectivity index (χ4n) is 19.9. The molecule has 4 fully saturated rings. The molecule has 2 aromatic heterocycles. The van der Waals surface area contributed by atoms with E-state index in [9.17, 15) is 0 Å². The lowest BCUT2D eigenvalue weighted by atomic mass is 9.80. The van der Waals surface area contributed by atoms with Crippen molar-refractivity contribution >= 4 is 100 Å². The van der Waals surface area contributed by atoms with Crippen molar-refractivity contribution in [2.75, 3.05) is 0 Å². The molecule has 11 aromatic carbocycles. The minimum absolute atomic E-state index is 0.000562. The Balaban J connectivity index is 0.907. The number of nitrogens with one attached hydrogen (secondary N) is 2. The van der Waals surface area contributed by atoms with Gasteiger partial charge in [-0.05, 0) is 187 Å². The Bertz CT molecular complexity index is 5270. The van der Waals surface area contributed by atoms with E-state index >= 15 is 28.8 Å². The Labute approximate surface area is 663 Å². The van der Waals surface area contributed by atoms with Crippen molar-refractivity contribution in [3.8, 4) is 46.0 Å². The molecule has 2 aliphatic heterocycles. The fraction of sp³-hybridized carbons (Fsp3) is 0.327. The first kappa shape index (κ1) is 72.5. The Kier molecular flexibility index (Phi) is 19.0. The predicted molar refractivity (Wildman–Crippen MR) is 446 cm³/mol. The highest BCUT2D eigenvalue weighted by Crippen LogP contribution is 2.59. The van der Waals surface area contributed by atoms with E-state index in [1.54, 1.807) is 24.3 Å². The number of hydrogen-bond acceptors (Lipinski definition) is 10. The van der Waals surface area contributed by atoms with Gasteiger partial charge in [0.05, 0.1) is 22.3 Å². The lowest BCUT2D eigenvalue weighted by Gasteiger charge is -2.45. The van der Waals surface area contributed by atoms with Gasteiger partial charge in [-0.3, -0.25) is 38.6 Å². The number of aromatic amines is 2. The van der Waals surface area contributed by atoms with Gasteiger partial charge in [0.25, 0.3) is 23.6 Å². The van der Waals surface area contributed by atoms with Crippen molar-refractivity contribution in [2.24, 2.45) is 0 Å². The average Bonchev–Trinajstić information content (AvgIpc) is 0.704. The lowest BCUT2D eigenvalue weighted by molar-refractivity contribution is -0.143. The molecule has 6 amide bonds. The number of aromatic nitrogens is 2. The summed E-state index contributed by atoms with van der Waals surface area (Å²) >= 11 is 0. The number of benzene rings is 11. The van der Waals surface area contributed by atoms with Crippen LogP contribution in [0.1, 0.15) is 203 Å². The largest absolute Gasteiger partial charge is 0.457 e. The number of rotatable bonds is 20. The molecule has 19 rings (SSSR count). The molecule has 0 spiro atoms. The molecule has 13 aromatic rings. The smallest absolute Gasteiger partial charge is 0.262 e. The minimum Gasteiger partial charge on any atom is -0.457 e. The van der Waals surface area contributed by atoms with E-state index in [1.807, 2.05) is 185 Å². The van der Waals surface area contributed by atoms with Crippen molar-refractivity contribution in [1.82, 2.24) is 29.6 Å². The maximum absolute atomic E-state index is 17.2. The van der Waals surface area contributed by atoms with E-state index in [0.717, 1.165) is 172 Å². The average molecular weight is 1520 g/mol. The minimum atomic E-state index is -1.32. The quantitative estimate of drug-likeness (QED) is 0.0423. The van der Waals surface area contributed by atoms with Gasteiger partial charge in [0, 0.05) is 103 Å². The standard InChI is InChI=1S/C98H94N6O10/c1-57-33-41-69(42-34-57)111-81-53-73-85-74(94(106)103(93(73)105)79(51-63-49-61-21-17-19-31-77(61)99-63)97(109)101(65-23-9-5-10-24-65)66-25-11-6-12-26-66)55-83(113-71-45-37-59(3)38-46-71)89-90-84(114-72-47-39-60(4)40-48-72)56-76-86-75(54-82(88(92(86)90)87(81)91(85)89)112-70-43-35-58(2)36-44-70)95(107)104(96(76)108)80(52-64-50-62-22-18-20-32-78(62)100-64)98(110)102(67-27-13-7-14-28-67)68-29-15-8-16-30-68/h17-22,31-50,53-56,65-68,79-80,99-100H,5-16,23-30,51-52H2,1-4H3. The van der Waals surface area contributed by atoms with E-state index in [-0.39, 0.29) is 105 Å². The van der Waals surface area contributed by atoms with E-state index < -0.39 is 35.7 Å². The normalized spacial score (nSPS) is 17.3. The first-order valence-electron chi connectivity index (χ1n) is 41.5. The molecule has 0 saturated heterocycles. The molecule has 2 N–H and O–H groups in total. The topological polar surface area (TPSA) is 184 Å². The first-order chi connectivity index (χ1) is 55.6. The van der Waals surface area contributed by atoms with Crippen LogP contribution in [0, 0.1) is 27.7 Å². The molecule has 16 heteroatoms. The van der Waals surface area contributed by atoms with Gasteiger partial charge in [0.2, 0.25) is 11.8 Å². The number of imide groups is 2. The van der Waals surface area contributed by atoms with Gasteiger partial charge in [-0.25, -0.2) is 0 Å². The molecular formula is C98H94N6O10. The number of carbonyl (C=O) groups excluding carboxylic acids is 6. The van der Waals surface area contributed by atoms with Crippen LogP contribution in [0.15, 0.2) is 182 Å². The summed E-state index contributed by atoms with van der Waals surface area (Å²) in [6, 6.07) is 54.3. The second-order valence-corrected chi connectivity index (χ2v) is 33.2. The van der Waals surface area contributed by atoms with Gasteiger partial charge in [0.1, 0.15) is 58.1 Å². The van der Waals surface area contributed by atoms with Gasteiger partial charge in [-0.1, -0.05) is 184 Å². The third-order valence-corrected chi connectivity index (χ3v) is 25.5. The van der Waals surface area contributed by atoms with Gasteiger partial charge < -0.3 is 38.7 Å². The summed E-state index contributed by atoms with van der Waals surface area (Å²) in [7, 11) is 0.